The van der Waals surface area contributed by atoms with E-state index in [1.54, 1.807) is 6.33 Å². The van der Waals surface area contributed by atoms with E-state index in [0.29, 0.717) is 0 Å². The summed E-state index contributed by atoms with van der Waals surface area (Å²) in [6, 6.07) is 6.34. The predicted octanol–water partition coefficient (Wildman–Crippen LogP) is 3.11. The van der Waals surface area contributed by atoms with Crippen LogP contribution in [-0.2, 0) is 0 Å². The third kappa shape index (κ3) is 2.28. The van der Waals surface area contributed by atoms with Gasteiger partial charge in [0.05, 0.1) is 5.69 Å². The van der Waals surface area contributed by atoms with Crippen molar-refractivity contribution in [3.8, 4) is 11.3 Å². The summed E-state index contributed by atoms with van der Waals surface area (Å²) >= 11 is 0. The second-order valence-electron chi connectivity index (χ2n) is 4.31. The van der Waals surface area contributed by atoms with Gasteiger partial charge in [-0.1, -0.05) is 17.7 Å². The minimum atomic E-state index is 0.842. The second-order valence-corrected chi connectivity index (χ2v) is 4.31. The number of aryl methyl sites for hydroxylation is 3. The zero-order valence-electron chi connectivity index (χ0n) is 10.7. The topological polar surface area (TPSA) is 37.8 Å². The molecule has 1 heterocycles. The van der Waals surface area contributed by atoms with Crippen LogP contribution in [0.25, 0.3) is 11.3 Å². The molecule has 0 saturated carbocycles. The number of anilines is 1. The van der Waals surface area contributed by atoms with Crippen LogP contribution in [0.2, 0.25) is 0 Å². The molecule has 0 fully saturated rings. The van der Waals surface area contributed by atoms with Crippen molar-refractivity contribution in [2.75, 3.05) is 12.4 Å². The lowest BCUT2D eigenvalue weighted by Gasteiger charge is -2.11. The molecule has 0 bridgehead atoms. The van der Waals surface area contributed by atoms with E-state index in [-0.39, 0.29) is 0 Å². The molecule has 88 valence electrons. The Hall–Kier alpha value is -1.90. The van der Waals surface area contributed by atoms with Crippen LogP contribution in [0.15, 0.2) is 24.5 Å². The maximum absolute atomic E-state index is 4.36. The number of rotatable bonds is 2. The summed E-state index contributed by atoms with van der Waals surface area (Å²) < 4.78 is 0. The van der Waals surface area contributed by atoms with E-state index >= 15 is 0 Å². The molecule has 0 radical (unpaired) electrons. The first kappa shape index (κ1) is 11.6. The fraction of sp³-hybridized carbons (Fsp3) is 0.286. The standard InChI is InChI=1S/C14H17N3/c1-9-5-10(2)14(11(3)6-9)12-7-13(15-4)17-8-16-12/h5-8H,1-4H3,(H,15,16,17). The normalized spacial score (nSPS) is 10.4. The molecular weight excluding hydrogens is 210 g/mol. The van der Waals surface area contributed by atoms with Gasteiger partial charge < -0.3 is 5.32 Å². The summed E-state index contributed by atoms with van der Waals surface area (Å²) in [5, 5.41) is 3.04. The van der Waals surface area contributed by atoms with Crippen LogP contribution in [0.1, 0.15) is 16.7 Å². The molecule has 2 aromatic rings. The maximum atomic E-state index is 4.36. The van der Waals surface area contributed by atoms with Crippen LogP contribution in [0.3, 0.4) is 0 Å². The summed E-state index contributed by atoms with van der Waals surface area (Å²) in [6.07, 6.45) is 1.60. The molecule has 1 aromatic heterocycles. The summed E-state index contributed by atoms with van der Waals surface area (Å²) in [7, 11) is 1.86. The SMILES string of the molecule is CNc1cc(-c2c(C)cc(C)cc2C)ncn1. The molecule has 0 unspecified atom stereocenters. The Morgan fingerprint density at radius 2 is 1.59 bits per heavy atom. The van der Waals surface area contributed by atoms with Crippen molar-refractivity contribution in [2.45, 2.75) is 20.8 Å². The zero-order chi connectivity index (χ0) is 12.4. The first-order valence-corrected chi connectivity index (χ1v) is 5.70. The number of hydrogen-bond acceptors (Lipinski definition) is 3. The van der Waals surface area contributed by atoms with Gasteiger partial charge in [-0.2, -0.15) is 0 Å². The number of hydrogen-bond donors (Lipinski definition) is 1. The van der Waals surface area contributed by atoms with Crippen molar-refractivity contribution in [1.82, 2.24) is 9.97 Å². The number of nitrogens with one attached hydrogen (secondary N) is 1. The van der Waals surface area contributed by atoms with Gasteiger partial charge in [0, 0.05) is 18.7 Å². The highest BCUT2D eigenvalue weighted by Gasteiger charge is 2.08. The number of nitrogens with zero attached hydrogens (tertiary/aromatic N) is 2. The van der Waals surface area contributed by atoms with E-state index in [9.17, 15) is 0 Å². The Bertz CT molecular complexity index is 524. The molecule has 0 spiro atoms. The third-order valence-corrected chi connectivity index (χ3v) is 2.86. The second kappa shape index (κ2) is 4.53. The summed E-state index contributed by atoms with van der Waals surface area (Å²) in [5.74, 6) is 0.842. The molecule has 17 heavy (non-hydrogen) atoms. The Labute approximate surface area is 102 Å². The highest BCUT2D eigenvalue weighted by molar-refractivity contribution is 5.69. The van der Waals surface area contributed by atoms with Crippen LogP contribution >= 0.6 is 0 Å². The van der Waals surface area contributed by atoms with E-state index in [0.717, 1.165) is 11.5 Å². The van der Waals surface area contributed by atoms with Crippen molar-refractivity contribution in [1.29, 1.82) is 0 Å². The van der Waals surface area contributed by atoms with Gasteiger partial charge in [0.15, 0.2) is 0 Å². The molecule has 0 aliphatic rings. The highest BCUT2D eigenvalue weighted by atomic mass is 15.0. The van der Waals surface area contributed by atoms with Crippen LogP contribution in [-0.4, -0.2) is 17.0 Å². The molecule has 1 N–H and O–H groups in total. The maximum Gasteiger partial charge on any atom is 0.129 e. The van der Waals surface area contributed by atoms with Crippen LogP contribution in [0.4, 0.5) is 5.82 Å². The van der Waals surface area contributed by atoms with Gasteiger partial charge in [0.25, 0.3) is 0 Å². The smallest absolute Gasteiger partial charge is 0.129 e. The van der Waals surface area contributed by atoms with Crippen LogP contribution < -0.4 is 5.32 Å². The predicted molar refractivity (Wildman–Crippen MR) is 71.2 cm³/mol. The molecule has 3 heteroatoms. The molecule has 1 aromatic carbocycles. The van der Waals surface area contributed by atoms with E-state index < -0.39 is 0 Å². The van der Waals surface area contributed by atoms with Crippen molar-refractivity contribution >= 4 is 5.82 Å². The van der Waals surface area contributed by atoms with Crippen LogP contribution in [0, 0.1) is 20.8 Å². The molecule has 2 rings (SSSR count). The lowest BCUT2D eigenvalue weighted by atomic mass is 9.97. The van der Waals surface area contributed by atoms with Gasteiger partial charge in [0.2, 0.25) is 0 Å². The molecule has 0 aliphatic carbocycles. The van der Waals surface area contributed by atoms with E-state index in [4.69, 9.17) is 0 Å². The Kier molecular flexibility index (Phi) is 3.09. The van der Waals surface area contributed by atoms with Gasteiger partial charge in [-0.05, 0) is 31.9 Å². The largest absolute Gasteiger partial charge is 0.373 e. The lowest BCUT2D eigenvalue weighted by molar-refractivity contribution is 1.15. The molecular formula is C14H17N3. The highest BCUT2D eigenvalue weighted by Crippen LogP contribution is 2.27. The molecule has 0 saturated heterocycles. The molecule has 0 amide bonds. The van der Waals surface area contributed by atoms with Crippen molar-refractivity contribution < 1.29 is 0 Å². The molecule has 0 atom stereocenters. The minimum Gasteiger partial charge on any atom is -0.373 e. The van der Waals surface area contributed by atoms with Gasteiger partial charge in [-0.25, -0.2) is 9.97 Å². The zero-order valence-corrected chi connectivity index (χ0v) is 10.7. The number of benzene rings is 1. The Morgan fingerprint density at radius 1 is 0.941 bits per heavy atom. The number of aromatic nitrogens is 2. The van der Waals surface area contributed by atoms with Gasteiger partial charge >= 0.3 is 0 Å². The average molecular weight is 227 g/mol. The summed E-state index contributed by atoms with van der Waals surface area (Å²) in [4.78, 5) is 8.50. The Morgan fingerprint density at radius 3 is 2.18 bits per heavy atom. The Balaban J connectivity index is 2.60. The van der Waals surface area contributed by atoms with Crippen molar-refractivity contribution in [3.05, 3.63) is 41.2 Å². The van der Waals surface area contributed by atoms with E-state index in [1.807, 2.05) is 13.1 Å². The minimum absolute atomic E-state index is 0.842. The lowest BCUT2D eigenvalue weighted by Crippen LogP contribution is -1.97. The summed E-state index contributed by atoms with van der Waals surface area (Å²) in [6.45, 7) is 6.36. The quantitative estimate of drug-likeness (QED) is 0.856. The first-order valence-electron chi connectivity index (χ1n) is 5.70. The summed E-state index contributed by atoms with van der Waals surface area (Å²) in [5.41, 5.74) is 5.96. The van der Waals surface area contributed by atoms with E-state index in [1.165, 1.54) is 22.3 Å². The van der Waals surface area contributed by atoms with E-state index in [2.05, 4.69) is 48.2 Å². The van der Waals surface area contributed by atoms with Gasteiger partial charge in [-0.15, -0.1) is 0 Å². The van der Waals surface area contributed by atoms with Crippen LogP contribution in [0.5, 0.6) is 0 Å². The van der Waals surface area contributed by atoms with Gasteiger partial charge in [-0.3, -0.25) is 0 Å². The molecule has 0 aliphatic heterocycles. The average Bonchev–Trinajstić information content (AvgIpc) is 2.28. The third-order valence-electron chi connectivity index (χ3n) is 2.86. The fourth-order valence-electron chi connectivity index (χ4n) is 2.21. The van der Waals surface area contributed by atoms with Gasteiger partial charge in [0.1, 0.15) is 12.1 Å². The first-order chi connectivity index (χ1) is 8.11. The van der Waals surface area contributed by atoms with Crippen molar-refractivity contribution in [2.24, 2.45) is 0 Å². The monoisotopic (exact) mass is 227 g/mol. The fourth-order valence-corrected chi connectivity index (χ4v) is 2.21. The molecule has 3 nitrogen and oxygen atoms in total. The van der Waals surface area contributed by atoms with Crippen molar-refractivity contribution in [3.63, 3.8) is 0 Å².